The van der Waals surface area contributed by atoms with Crippen LogP contribution in [-0.4, -0.2) is 41.4 Å². The second kappa shape index (κ2) is 6.74. The Balaban J connectivity index is 3.54. The number of nitrogens with one attached hydrogen (secondary N) is 2. The van der Waals surface area contributed by atoms with Gasteiger partial charge in [-0.3, -0.25) is 0 Å². The van der Waals surface area contributed by atoms with Crippen molar-refractivity contribution < 1.29 is 19.8 Å². The summed E-state index contributed by atoms with van der Waals surface area (Å²) in [6.07, 6.45) is 3.75. The largest absolute Gasteiger partial charge is 0.479 e. The van der Waals surface area contributed by atoms with Gasteiger partial charge in [-0.05, 0) is 0 Å². The first-order chi connectivity index (χ1) is 6.57. The van der Waals surface area contributed by atoms with E-state index in [1.54, 1.807) is 0 Å². The summed E-state index contributed by atoms with van der Waals surface area (Å²) in [5.41, 5.74) is 0. The number of carboxylic acid groups (broad SMARTS) is 1. The number of carbonyl (C=O) groups excluding carboxylic acids is 1. The van der Waals surface area contributed by atoms with Crippen LogP contribution < -0.4 is 10.6 Å². The summed E-state index contributed by atoms with van der Waals surface area (Å²) in [6.45, 7) is -0.0251. The normalized spacial score (nSPS) is 11.1. The predicted molar refractivity (Wildman–Crippen MR) is 48.5 cm³/mol. The smallest absolute Gasteiger partial charge is 0.334 e. The maximum absolute atomic E-state index is 10.9. The van der Waals surface area contributed by atoms with Gasteiger partial charge in [0.05, 0.1) is 6.54 Å². The Morgan fingerprint density at radius 3 is 2.57 bits per heavy atom. The molecule has 0 aromatic heterocycles. The molecule has 0 aromatic rings. The third-order valence-electron chi connectivity index (χ3n) is 1.30. The topological polar surface area (TPSA) is 98.7 Å². The first-order valence-electron chi connectivity index (χ1n) is 3.94. The van der Waals surface area contributed by atoms with Crippen molar-refractivity contribution in [3.8, 4) is 12.3 Å². The summed E-state index contributed by atoms with van der Waals surface area (Å²) in [6, 6.07) is -0.555. The predicted octanol–water partition coefficient (Wildman–Crippen LogP) is -1.25. The van der Waals surface area contributed by atoms with Gasteiger partial charge in [0.1, 0.15) is 0 Å². The lowest BCUT2D eigenvalue weighted by Gasteiger charge is -2.08. The zero-order chi connectivity index (χ0) is 11.0. The van der Waals surface area contributed by atoms with Gasteiger partial charge in [0.2, 0.25) is 0 Å². The molecule has 6 heteroatoms. The van der Waals surface area contributed by atoms with Crippen LogP contribution in [0.2, 0.25) is 0 Å². The zero-order valence-electron chi connectivity index (χ0n) is 7.49. The number of aliphatic hydroxyl groups is 1. The molecule has 0 spiro atoms. The first kappa shape index (κ1) is 12.3. The van der Waals surface area contributed by atoms with Crippen LogP contribution in [0.15, 0.2) is 0 Å². The minimum absolute atomic E-state index is 0.311. The number of hydrogen-bond donors (Lipinski definition) is 4. The van der Waals surface area contributed by atoms with E-state index in [1.165, 1.54) is 0 Å². The van der Waals surface area contributed by atoms with Crippen molar-refractivity contribution in [2.24, 2.45) is 0 Å². The van der Waals surface area contributed by atoms with Crippen LogP contribution in [-0.2, 0) is 4.79 Å². The number of amides is 2. The highest BCUT2D eigenvalue weighted by Crippen LogP contribution is 1.79. The Hall–Kier alpha value is -1.74. The van der Waals surface area contributed by atoms with Crippen LogP contribution >= 0.6 is 0 Å². The van der Waals surface area contributed by atoms with Gasteiger partial charge in [-0.2, -0.15) is 0 Å². The van der Waals surface area contributed by atoms with Crippen LogP contribution in [0.5, 0.6) is 0 Å². The fourth-order valence-electron chi connectivity index (χ4n) is 0.587. The lowest BCUT2D eigenvalue weighted by molar-refractivity contribution is -0.146. The Bertz CT molecular complexity index is 246. The van der Waals surface area contributed by atoms with Crippen LogP contribution in [0.3, 0.4) is 0 Å². The lowest BCUT2D eigenvalue weighted by Crippen LogP contribution is -2.42. The number of aliphatic hydroxyl groups excluding tert-OH is 1. The molecule has 0 saturated heterocycles. The molecule has 0 rings (SSSR count). The molecule has 1 atom stereocenters. The van der Waals surface area contributed by atoms with Crippen LogP contribution in [0, 0.1) is 12.3 Å². The highest BCUT2D eigenvalue weighted by molar-refractivity contribution is 5.76. The Morgan fingerprint density at radius 1 is 1.43 bits per heavy atom. The van der Waals surface area contributed by atoms with Gasteiger partial charge in [0, 0.05) is 13.0 Å². The Kier molecular flexibility index (Phi) is 5.90. The molecule has 0 radical (unpaired) electrons. The molecule has 0 aliphatic rings. The standard InChI is InChI=1S/C8H12N2O4/c1-2-3-4-9-8(14)10-5-6(11)7(12)13/h1,6,11H,3-5H2,(H,12,13)(H2,9,10,14)/t6-/m0/s1. The molecular formula is C8H12N2O4. The van der Waals surface area contributed by atoms with Crippen molar-refractivity contribution in [2.45, 2.75) is 12.5 Å². The average Bonchev–Trinajstić information content (AvgIpc) is 2.14. The third kappa shape index (κ3) is 5.85. The molecule has 2 amide bonds. The fraction of sp³-hybridized carbons (Fsp3) is 0.500. The van der Waals surface area contributed by atoms with E-state index < -0.39 is 18.1 Å². The molecule has 0 bridgehead atoms. The van der Waals surface area contributed by atoms with E-state index >= 15 is 0 Å². The summed E-state index contributed by atoms with van der Waals surface area (Å²) >= 11 is 0. The number of carbonyl (C=O) groups is 2. The molecule has 4 N–H and O–H groups in total. The van der Waals surface area contributed by atoms with E-state index in [1.807, 2.05) is 0 Å². The van der Waals surface area contributed by atoms with Crippen molar-refractivity contribution in [1.29, 1.82) is 0 Å². The number of urea groups is 1. The molecule has 0 aromatic carbocycles. The van der Waals surface area contributed by atoms with Gasteiger partial charge in [0.15, 0.2) is 6.10 Å². The van der Waals surface area contributed by atoms with E-state index in [0.29, 0.717) is 13.0 Å². The maximum Gasteiger partial charge on any atom is 0.334 e. The Labute approximate surface area is 81.3 Å². The summed E-state index contributed by atoms with van der Waals surface area (Å²) < 4.78 is 0. The second-order valence-corrected chi connectivity index (χ2v) is 2.44. The molecule has 0 saturated carbocycles. The summed E-state index contributed by atoms with van der Waals surface area (Å²) in [7, 11) is 0. The number of aliphatic carboxylic acids is 1. The highest BCUT2D eigenvalue weighted by atomic mass is 16.4. The number of carboxylic acids is 1. The van der Waals surface area contributed by atoms with Crippen molar-refractivity contribution in [1.82, 2.24) is 10.6 Å². The zero-order valence-corrected chi connectivity index (χ0v) is 7.49. The molecule has 0 aliphatic carbocycles. The molecule has 14 heavy (non-hydrogen) atoms. The van der Waals surface area contributed by atoms with Gasteiger partial charge >= 0.3 is 12.0 Å². The highest BCUT2D eigenvalue weighted by Gasteiger charge is 2.13. The monoisotopic (exact) mass is 200 g/mol. The summed E-state index contributed by atoms with van der Waals surface area (Å²) in [4.78, 5) is 21.0. The lowest BCUT2D eigenvalue weighted by atomic mass is 10.3. The molecule has 0 unspecified atom stereocenters. The molecule has 78 valence electrons. The van der Waals surface area contributed by atoms with E-state index in [9.17, 15) is 9.59 Å². The van der Waals surface area contributed by atoms with E-state index in [0.717, 1.165) is 0 Å². The third-order valence-corrected chi connectivity index (χ3v) is 1.30. The van der Waals surface area contributed by atoms with Crippen LogP contribution in [0.25, 0.3) is 0 Å². The maximum atomic E-state index is 10.9. The van der Waals surface area contributed by atoms with Crippen LogP contribution in [0.1, 0.15) is 6.42 Å². The second-order valence-electron chi connectivity index (χ2n) is 2.44. The average molecular weight is 200 g/mol. The van der Waals surface area contributed by atoms with Gasteiger partial charge < -0.3 is 20.8 Å². The first-order valence-corrected chi connectivity index (χ1v) is 3.94. The summed E-state index contributed by atoms with van der Waals surface area (Å²) in [5.74, 6) is 0.940. The van der Waals surface area contributed by atoms with Crippen molar-refractivity contribution in [2.75, 3.05) is 13.1 Å². The van der Waals surface area contributed by atoms with Crippen molar-refractivity contribution >= 4 is 12.0 Å². The Morgan fingerprint density at radius 2 is 2.07 bits per heavy atom. The van der Waals surface area contributed by atoms with E-state index in [4.69, 9.17) is 16.6 Å². The van der Waals surface area contributed by atoms with Crippen molar-refractivity contribution in [3.05, 3.63) is 0 Å². The van der Waals surface area contributed by atoms with Gasteiger partial charge in [0.25, 0.3) is 0 Å². The molecule has 0 heterocycles. The minimum atomic E-state index is -1.59. The molecule has 6 nitrogen and oxygen atoms in total. The van der Waals surface area contributed by atoms with Crippen molar-refractivity contribution in [3.63, 3.8) is 0 Å². The molecular weight excluding hydrogens is 188 g/mol. The van der Waals surface area contributed by atoms with Gasteiger partial charge in [-0.15, -0.1) is 12.3 Å². The number of rotatable bonds is 5. The number of terminal acetylenes is 1. The summed E-state index contributed by atoms with van der Waals surface area (Å²) in [5, 5.41) is 21.6. The van der Waals surface area contributed by atoms with E-state index in [2.05, 4.69) is 16.6 Å². The SMILES string of the molecule is C#CCCNC(=O)NC[C@H](O)C(=O)O. The number of hydrogen-bond acceptors (Lipinski definition) is 3. The fourth-order valence-corrected chi connectivity index (χ4v) is 0.587. The minimum Gasteiger partial charge on any atom is -0.479 e. The van der Waals surface area contributed by atoms with E-state index in [-0.39, 0.29) is 6.54 Å². The van der Waals surface area contributed by atoms with Crippen LogP contribution in [0.4, 0.5) is 4.79 Å². The molecule has 0 aliphatic heterocycles. The van der Waals surface area contributed by atoms with Gasteiger partial charge in [-0.1, -0.05) is 0 Å². The van der Waals surface area contributed by atoms with Gasteiger partial charge in [-0.25, -0.2) is 9.59 Å². The quantitative estimate of drug-likeness (QED) is 0.329. The molecule has 0 fully saturated rings.